The van der Waals surface area contributed by atoms with Crippen LogP contribution in [0.5, 0.6) is 0 Å². The van der Waals surface area contributed by atoms with Crippen LogP contribution in [0, 0.1) is 0 Å². The van der Waals surface area contributed by atoms with Gasteiger partial charge in [-0.3, -0.25) is 0 Å². The number of nitrogens with zero attached hydrogens (tertiary/aromatic N) is 2. The maximum Gasteiger partial charge on any atom is 0.416 e. The highest BCUT2D eigenvalue weighted by Gasteiger charge is 2.31. The van der Waals surface area contributed by atoms with Crippen molar-refractivity contribution in [2.75, 3.05) is 18.0 Å². The van der Waals surface area contributed by atoms with Gasteiger partial charge in [0.2, 0.25) is 0 Å². The molecule has 1 aromatic heterocycles. The molecule has 0 bridgehead atoms. The number of alkyl halides is 3. The lowest BCUT2D eigenvalue weighted by Crippen LogP contribution is -2.39. The molecular formula is C12H17F3N2O. The molecule has 0 saturated carbocycles. The van der Waals surface area contributed by atoms with Crippen LogP contribution < -0.4 is 4.90 Å². The number of aliphatic hydroxyl groups is 1. The highest BCUT2D eigenvalue weighted by atomic mass is 19.4. The second kappa shape index (κ2) is 5.14. The van der Waals surface area contributed by atoms with E-state index in [1.165, 1.54) is 0 Å². The summed E-state index contributed by atoms with van der Waals surface area (Å²) < 4.78 is 37.7. The Morgan fingerprint density at radius 1 is 1.33 bits per heavy atom. The van der Waals surface area contributed by atoms with Crippen molar-refractivity contribution in [1.29, 1.82) is 0 Å². The molecule has 0 radical (unpaired) electrons. The number of likely N-dealkylation sites (N-methyl/N-ethyl adjacent to an activating group) is 1. The van der Waals surface area contributed by atoms with Crippen molar-refractivity contribution in [3.05, 3.63) is 23.9 Å². The molecule has 18 heavy (non-hydrogen) atoms. The standard InChI is InChI=1S/C12H17F3N2O/c1-4-17(8-11(2,3)18)10-7-9(5-6-16-10)12(13,14)15/h5-7,18H,4,8H2,1-3H3. The zero-order valence-corrected chi connectivity index (χ0v) is 10.6. The van der Waals surface area contributed by atoms with Gasteiger partial charge in [-0.15, -0.1) is 0 Å². The first-order valence-corrected chi connectivity index (χ1v) is 5.64. The molecule has 0 aliphatic heterocycles. The second-order valence-corrected chi connectivity index (χ2v) is 4.73. The van der Waals surface area contributed by atoms with Gasteiger partial charge < -0.3 is 10.0 Å². The van der Waals surface area contributed by atoms with Gasteiger partial charge in [0.25, 0.3) is 0 Å². The van der Waals surface area contributed by atoms with E-state index in [1.807, 2.05) is 0 Å². The third-order valence-electron chi connectivity index (χ3n) is 2.36. The van der Waals surface area contributed by atoms with E-state index < -0.39 is 17.3 Å². The fraction of sp³-hybridized carbons (Fsp3) is 0.583. The summed E-state index contributed by atoms with van der Waals surface area (Å²) in [6.45, 7) is 5.69. The van der Waals surface area contributed by atoms with Crippen molar-refractivity contribution in [3.8, 4) is 0 Å². The molecular weight excluding hydrogens is 245 g/mol. The van der Waals surface area contributed by atoms with Crippen molar-refractivity contribution in [2.24, 2.45) is 0 Å². The van der Waals surface area contributed by atoms with Crippen LogP contribution in [0.25, 0.3) is 0 Å². The zero-order valence-electron chi connectivity index (χ0n) is 10.6. The molecule has 0 spiro atoms. The lowest BCUT2D eigenvalue weighted by molar-refractivity contribution is -0.137. The van der Waals surface area contributed by atoms with Gasteiger partial charge >= 0.3 is 6.18 Å². The largest absolute Gasteiger partial charge is 0.416 e. The smallest absolute Gasteiger partial charge is 0.389 e. The van der Waals surface area contributed by atoms with Gasteiger partial charge in [-0.05, 0) is 32.9 Å². The normalized spacial score (nSPS) is 12.6. The van der Waals surface area contributed by atoms with E-state index in [1.54, 1.807) is 25.7 Å². The number of halogens is 3. The molecule has 0 aliphatic carbocycles. The van der Waals surface area contributed by atoms with Crippen molar-refractivity contribution in [1.82, 2.24) is 4.98 Å². The van der Waals surface area contributed by atoms with Crippen molar-refractivity contribution >= 4 is 5.82 Å². The number of aromatic nitrogens is 1. The molecule has 1 aromatic rings. The quantitative estimate of drug-likeness (QED) is 0.906. The van der Waals surface area contributed by atoms with Crippen LogP contribution in [0.3, 0.4) is 0 Å². The summed E-state index contributed by atoms with van der Waals surface area (Å²) in [4.78, 5) is 5.53. The summed E-state index contributed by atoms with van der Waals surface area (Å²) in [6, 6.07) is 1.93. The van der Waals surface area contributed by atoms with Crippen LogP contribution in [-0.2, 0) is 6.18 Å². The second-order valence-electron chi connectivity index (χ2n) is 4.73. The molecule has 0 atom stereocenters. The monoisotopic (exact) mass is 262 g/mol. The average Bonchev–Trinajstić information content (AvgIpc) is 2.23. The summed E-state index contributed by atoms with van der Waals surface area (Å²) in [5.41, 5.74) is -1.73. The molecule has 3 nitrogen and oxygen atoms in total. The first-order chi connectivity index (χ1) is 8.13. The number of hydrogen-bond acceptors (Lipinski definition) is 3. The van der Waals surface area contributed by atoms with Gasteiger partial charge in [0.15, 0.2) is 0 Å². The molecule has 0 unspecified atom stereocenters. The summed E-state index contributed by atoms with van der Waals surface area (Å²) in [6.07, 6.45) is -3.25. The van der Waals surface area contributed by atoms with E-state index in [-0.39, 0.29) is 12.4 Å². The third-order valence-corrected chi connectivity index (χ3v) is 2.36. The van der Waals surface area contributed by atoms with Crippen molar-refractivity contribution < 1.29 is 18.3 Å². The minimum absolute atomic E-state index is 0.217. The molecule has 0 saturated heterocycles. The minimum Gasteiger partial charge on any atom is -0.389 e. The molecule has 0 fully saturated rings. The predicted octanol–water partition coefficient (Wildman–Crippen LogP) is 2.70. The van der Waals surface area contributed by atoms with Crippen LogP contribution in [0.2, 0.25) is 0 Å². The van der Waals surface area contributed by atoms with Crippen LogP contribution in [0.4, 0.5) is 19.0 Å². The van der Waals surface area contributed by atoms with Gasteiger partial charge in [0.05, 0.1) is 11.2 Å². The van der Waals surface area contributed by atoms with Crippen LogP contribution in [0.15, 0.2) is 18.3 Å². The average molecular weight is 262 g/mol. The summed E-state index contributed by atoms with van der Waals surface area (Å²) in [7, 11) is 0. The van der Waals surface area contributed by atoms with E-state index in [0.717, 1.165) is 18.3 Å². The highest BCUT2D eigenvalue weighted by molar-refractivity contribution is 5.42. The molecule has 1 heterocycles. The van der Waals surface area contributed by atoms with E-state index >= 15 is 0 Å². The Balaban J connectivity index is 3.00. The number of hydrogen-bond donors (Lipinski definition) is 1. The first-order valence-electron chi connectivity index (χ1n) is 5.64. The maximum atomic E-state index is 12.6. The number of pyridine rings is 1. The lowest BCUT2D eigenvalue weighted by Gasteiger charge is -2.29. The van der Waals surface area contributed by atoms with E-state index in [2.05, 4.69) is 4.98 Å². The predicted molar refractivity (Wildman–Crippen MR) is 63.4 cm³/mol. The lowest BCUT2D eigenvalue weighted by atomic mass is 10.1. The number of rotatable bonds is 4. The summed E-state index contributed by atoms with van der Waals surface area (Å²) >= 11 is 0. The Kier molecular flexibility index (Phi) is 4.21. The number of anilines is 1. The Hall–Kier alpha value is -1.30. The Labute approximate surface area is 104 Å². The molecule has 1 N–H and O–H groups in total. The molecule has 1 rings (SSSR count). The van der Waals surface area contributed by atoms with Crippen molar-refractivity contribution in [3.63, 3.8) is 0 Å². The van der Waals surface area contributed by atoms with Crippen molar-refractivity contribution in [2.45, 2.75) is 32.5 Å². The molecule has 0 aromatic carbocycles. The SMILES string of the molecule is CCN(CC(C)(C)O)c1cc(C(F)(F)F)ccn1. The minimum atomic E-state index is -4.38. The van der Waals surface area contributed by atoms with E-state index in [0.29, 0.717) is 6.54 Å². The van der Waals surface area contributed by atoms with Gasteiger partial charge in [-0.1, -0.05) is 0 Å². The summed E-state index contributed by atoms with van der Waals surface area (Å²) in [5.74, 6) is 0.217. The Morgan fingerprint density at radius 2 is 1.94 bits per heavy atom. The van der Waals surface area contributed by atoms with Crippen LogP contribution in [-0.4, -0.2) is 28.8 Å². The van der Waals surface area contributed by atoms with Crippen LogP contribution >= 0.6 is 0 Å². The van der Waals surface area contributed by atoms with E-state index in [9.17, 15) is 18.3 Å². The molecule has 0 amide bonds. The van der Waals surface area contributed by atoms with Gasteiger partial charge in [-0.2, -0.15) is 13.2 Å². The fourth-order valence-electron chi connectivity index (χ4n) is 1.59. The van der Waals surface area contributed by atoms with Gasteiger partial charge in [0, 0.05) is 19.3 Å². The van der Waals surface area contributed by atoms with E-state index in [4.69, 9.17) is 0 Å². The topological polar surface area (TPSA) is 36.4 Å². The molecule has 6 heteroatoms. The molecule has 102 valence electrons. The fourth-order valence-corrected chi connectivity index (χ4v) is 1.59. The maximum absolute atomic E-state index is 12.6. The zero-order chi connectivity index (χ0) is 14.0. The first kappa shape index (κ1) is 14.8. The molecule has 0 aliphatic rings. The Morgan fingerprint density at radius 3 is 2.39 bits per heavy atom. The Bertz CT molecular complexity index is 399. The summed E-state index contributed by atoms with van der Waals surface area (Å²) in [5, 5.41) is 9.72. The third kappa shape index (κ3) is 4.18. The highest BCUT2D eigenvalue weighted by Crippen LogP contribution is 2.30. The van der Waals surface area contributed by atoms with Gasteiger partial charge in [0.1, 0.15) is 5.82 Å². The van der Waals surface area contributed by atoms with Crippen LogP contribution in [0.1, 0.15) is 26.3 Å². The van der Waals surface area contributed by atoms with Gasteiger partial charge in [-0.25, -0.2) is 4.98 Å².